The fourth-order valence-corrected chi connectivity index (χ4v) is 2.06. The summed E-state index contributed by atoms with van der Waals surface area (Å²) in [4.78, 5) is 13.6. The highest BCUT2D eigenvalue weighted by molar-refractivity contribution is 5.81. The summed E-state index contributed by atoms with van der Waals surface area (Å²) in [6.07, 6.45) is 1.04. The normalized spacial score (nSPS) is 29.5. The molecule has 0 saturated carbocycles. The van der Waals surface area contributed by atoms with Gasteiger partial charge in [-0.2, -0.15) is 0 Å². The van der Waals surface area contributed by atoms with Gasteiger partial charge in [0.1, 0.15) is 5.78 Å². The minimum Gasteiger partial charge on any atom is -0.318 e. The van der Waals surface area contributed by atoms with E-state index in [0.29, 0.717) is 11.7 Å². The lowest BCUT2D eigenvalue weighted by atomic mass is 10.1. The van der Waals surface area contributed by atoms with Gasteiger partial charge in [-0.3, -0.25) is 9.69 Å². The first-order valence-electron chi connectivity index (χ1n) is 5.04. The van der Waals surface area contributed by atoms with Gasteiger partial charge in [-0.15, -0.1) is 0 Å². The molecule has 0 spiro atoms. The molecule has 0 aromatic carbocycles. The van der Waals surface area contributed by atoms with E-state index < -0.39 is 0 Å². The smallest absolute Gasteiger partial charge is 0.146 e. The van der Waals surface area contributed by atoms with E-state index in [2.05, 4.69) is 17.1 Å². The van der Waals surface area contributed by atoms with Crippen LogP contribution in [0.25, 0.3) is 0 Å². The number of nitrogens with zero attached hydrogens (tertiary/aromatic N) is 1. The Balaban J connectivity index is 2.45. The fraction of sp³-hybridized carbons (Fsp3) is 0.900. The molecule has 2 unspecified atom stereocenters. The minimum atomic E-state index is 0.184. The summed E-state index contributed by atoms with van der Waals surface area (Å²) < 4.78 is 0. The summed E-state index contributed by atoms with van der Waals surface area (Å²) in [5.41, 5.74) is 0. The van der Waals surface area contributed by atoms with Gasteiger partial charge in [0, 0.05) is 19.6 Å². The molecule has 13 heavy (non-hydrogen) atoms. The largest absolute Gasteiger partial charge is 0.318 e. The number of hydrogen-bond acceptors (Lipinski definition) is 3. The van der Waals surface area contributed by atoms with E-state index in [4.69, 9.17) is 0 Å². The van der Waals surface area contributed by atoms with Crippen molar-refractivity contribution in [1.82, 2.24) is 10.2 Å². The zero-order chi connectivity index (χ0) is 9.84. The highest BCUT2D eigenvalue weighted by Gasteiger charge is 2.31. The van der Waals surface area contributed by atoms with E-state index in [-0.39, 0.29) is 6.04 Å². The molecule has 1 heterocycles. The molecule has 1 saturated heterocycles. The summed E-state index contributed by atoms with van der Waals surface area (Å²) in [7, 11) is 1.95. The monoisotopic (exact) mass is 184 g/mol. The zero-order valence-electron chi connectivity index (χ0n) is 8.84. The Morgan fingerprint density at radius 1 is 1.62 bits per heavy atom. The van der Waals surface area contributed by atoms with Crippen molar-refractivity contribution in [3.63, 3.8) is 0 Å². The predicted octanol–water partition coefficient (Wildman–Crippen LogP) is 0.505. The molecule has 0 aliphatic carbocycles. The van der Waals surface area contributed by atoms with Crippen molar-refractivity contribution in [2.75, 3.05) is 26.7 Å². The average molecular weight is 184 g/mol. The van der Waals surface area contributed by atoms with E-state index in [1.54, 1.807) is 6.92 Å². The first-order valence-corrected chi connectivity index (χ1v) is 5.04. The molecule has 3 nitrogen and oxygen atoms in total. The maximum Gasteiger partial charge on any atom is 0.146 e. The van der Waals surface area contributed by atoms with Crippen molar-refractivity contribution >= 4 is 5.78 Å². The second-order valence-corrected chi connectivity index (χ2v) is 4.07. The Morgan fingerprint density at radius 3 is 2.85 bits per heavy atom. The molecular weight excluding hydrogens is 164 g/mol. The molecule has 1 rings (SSSR count). The number of carbonyl (C=O) groups excluding carboxylic acids is 1. The van der Waals surface area contributed by atoms with Crippen molar-refractivity contribution in [3.05, 3.63) is 0 Å². The first-order chi connectivity index (χ1) is 6.15. The van der Waals surface area contributed by atoms with E-state index >= 15 is 0 Å². The fourth-order valence-electron chi connectivity index (χ4n) is 2.06. The third-order valence-electron chi connectivity index (χ3n) is 2.73. The summed E-state index contributed by atoms with van der Waals surface area (Å²) in [5.74, 6) is 0.992. The number of hydrogen-bond donors (Lipinski definition) is 1. The van der Waals surface area contributed by atoms with Crippen molar-refractivity contribution in [2.24, 2.45) is 5.92 Å². The van der Waals surface area contributed by atoms with Gasteiger partial charge in [0.05, 0.1) is 6.04 Å². The highest BCUT2D eigenvalue weighted by atomic mass is 16.1. The predicted molar refractivity (Wildman–Crippen MR) is 53.7 cm³/mol. The topological polar surface area (TPSA) is 32.3 Å². The summed E-state index contributed by atoms with van der Waals surface area (Å²) in [6, 6.07) is 0.184. The zero-order valence-corrected chi connectivity index (χ0v) is 8.84. The van der Waals surface area contributed by atoms with Gasteiger partial charge < -0.3 is 5.32 Å². The number of nitrogens with one attached hydrogen (secondary N) is 1. The number of ketones is 1. The number of rotatable bonds is 4. The minimum absolute atomic E-state index is 0.184. The molecule has 3 heteroatoms. The Morgan fingerprint density at radius 2 is 2.31 bits per heavy atom. The average Bonchev–Trinajstić information content (AvgIpc) is 2.43. The highest BCUT2D eigenvalue weighted by Crippen LogP contribution is 2.22. The van der Waals surface area contributed by atoms with Gasteiger partial charge in [-0.25, -0.2) is 0 Å². The molecule has 2 atom stereocenters. The number of likely N-dealkylation sites (N-methyl/N-ethyl adjacent to an activating group) is 1. The van der Waals surface area contributed by atoms with Crippen LogP contribution in [-0.2, 0) is 4.79 Å². The molecule has 76 valence electrons. The number of carbonyl (C=O) groups is 1. The van der Waals surface area contributed by atoms with Crippen LogP contribution in [0.15, 0.2) is 0 Å². The SMILES string of the molecule is CNCCN1CC(C)CC1C(C)=O. The van der Waals surface area contributed by atoms with Gasteiger partial charge >= 0.3 is 0 Å². The van der Waals surface area contributed by atoms with Crippen LogP contribution in [0, 0.1) is 5.92 Å². The quantitative estimate of drug-likeness (QED) is 0.691. The van der Waals surface area contributed by atoms with Crippen LogP contribution in [0.3, 0.4) is 0 Å². The van der Waals surface area contributed by atoms with Crippen molar-refractivity contribution in [3.8, 4) is 0 Å². The Kier molecular flexibility index (Phi) is 3.88. The Hall–Kier alpha value is -0.410. The van der Waals surface area contributed by atoms with Crippen molar-refractivity contribution < 1.29 is 4.79 Å². The lowest BCUT2D eigenvalue weighted by Crippen LogP contribution is -2.38. The van der Waals surface area contributed by atoms with Gasteiger partial charge in [-0.05, 0) is 26.3 Å². The molecule has 0 amide bonds. The Labute approximate surface area is 80.5 Å². The van der Waals surface area contributed by atoms with E-state index in [1.807, 2.05) is 7.05 Å². The van der Waals surface area contributed by atoms with E-state index in [9.17, 15) is 4.79 Å². The van der Waals surface area contributed by atoms with Gasteiger partial charge in [0.2, 0.25) is 0 Å². The van der Waals surface area contributed by atoms with Crippen LogP contribution in [0.5, 0.6) is 0 Å². The molecule has 1 aliphatic rings. The van der Waals surface area contributed by atoms with Crippen LogP contribution >= 0.6 is 0 Å². The molecule has 0 bridgehead atoms. The number of likely N-dealkylation sites (tertiary alicyclic amines) is 1. The maximum atomic E-state index is 11.3. The molecule has 0 aromatic heterocycles. The Bertz CT molecular complexity index is 182. The van der Waals surface area contributed by atoms with E-state index in [0.717, 1.165) is 26.1 Å². The van der Waals surface area contributed by atoms with Crippen LogP contribution < -0.4 is 5.32 Å². The summed E-state index contributed by atoms with van der Waals surface area (Å²) in [5, 5.41) is 3.12. The van der Waals surface area contributed by atoms with Gasteiger partial charge in [-0.1, -0.05) is 6.92 Å². The molecule has 0 radical (unpaired) electrons. The maximum absolute atomic E-state index is 11.3. The number of Topliss-reactive ketones (excluding diaryl/α,β-unsaturated/α-hetero) is 1. The summed E-state index contributed by atoms with van der Waals surface area (Å²) in [6.45, 7) is 6.96. The first kappa shape index (κ1) is 10.7. The molecular formula is C10H20N2O. The van der Waals surface area contributed by atoms with Crippen LogP contribution in [0.2, 0.25) is 0 Å². The second-order valence-electron chi connectivity index (χ2n) is 4.07. The van der Waals surface area contributed by atoms with Crippen LogP contribution in [0.1, 0.15) is 20.3 Å². The van der Waals surface area contributed by atoms with Crippen molar-refractivity contribution in [2.45, 2.75) is 26.3 Å². The van der Waals surface area contributed by atoms with Gasteiger partial charge in [0.25, 0.3) is 0 Å². The molecule has 1 fully saturated rings. The molecule has 1 aliphatic heterocycles. The summed E-state index contributed by atoms with van der Waals surface area (Å²) >= 11 is 0. The molecule has 1 N–H and O–H groups in total. The third-order valence-corrected chi connectivity index (χ3v) is 2.73. The van der Waals surface area contributed by atoms with Gasteiger partial charge in [0.15, 0.2) is 0 Å². The standard InChI is InChI=1S/C10H20N2O/c1-8-6-10(9(2)13)12(7-8)5-4-11-3/h8,10-11H,4-7H2,1-3H3. The second kappa shape index (κ2) is 4.72. The lowest BCUT2D eigenvalue weighted by Gasteiger charge is -2.21. The van der Waals surface area contributed by atoms with Crippen molar-refractivity contribution in [1.29, 1.82) is 0 Å². The van der Waals surface area contributed by atoms with Crippen LogP contribution in [-0.4, -0.2) is 43.4 Å². The van der Waals surface area contributed by atoms with E-state index in [1.165, 1.54) is 0 Å². The lowest BCUT2D eigenvalue weighted by molar-refractivity contribution is -0.121. The molecule has 0 aromatic rings. The third kappa shape index (κ3) is 2.78. The van der Waals surface area contributed by atoms with Crippen LogP contribution in [0.4, 0.5) is 0 Å².